The largest absolute Gasteiger partial charge is 0.396 e. The molecule has 5 heteroatoms. The maximum Gasteiger partial charge on any atom is 0.191 e. The molecule has 1 fully saturated rings. The smallest absolute Gasteiger partial charge is 0.191 e. The molecule has 0 heterocycles. The van der Waals surface area contributed by atoms with Gasteiger partial charge in [0.1, 0.15) is 0 Å². The molecule has 0 aromatic carbocycles. The summed E-state index contributed by atoms with van der Waals surface area (Å²) in [6, 6.07) is 0. The average molecular weight is 397 g/mol. The van der Waals surface area contributed by atoms with Crippen molar-refractivity contribution in [3.05, 3.63) is 0 Å². The van der Waals surface area contributed by atoms with Crippen LogP contribution < -0.4 is 10.6 Å². The summed E-state index contributed by atoms with van der Waals surface area (Å²) in [5.41, 5.74) is 0. The molecule has 1 saturated carbocycles. The van der Waals surface area contributed by atoms with E-state index in [1.54, 1.807) is 0 Å². The van der Waals surface area contributed by atoms with E-state index in [-0.39, 0.29) is 30.6 Å². The molecule has 1 rings (SSSR count). The third-order valence-corrected chi connectivity index (χ3v) is 3.45. The standard InChI is InChI=1S/C15H31N3O.HI/c1-4-16-15(17-10-13-5-6-13)18-11-14(7-8-19)9-12(2)3;/h12-14,19H,4-11H2,1-3H3,(H2,16,17,18);1H. The van der Waals surface area contributed by atoms with Gasteiger partial charge in [-0.15, -0.1) is 24.0 Å². The van der Waals surface area contributed by atoms with E-state index in [4.69, 9.17) is 5.11 Å². The molecule has 0 aromatic heterocycles. The Morgan fingerprint density at radius 2 is 2.00 bits per heavy atom. The Kier molecular flexibility index (Phi) is 11.6. The number of aliphatic hydroxyl groups excluding tert-OH is 1. The van der Waals surface area contributed by atoms with Crippen molar-refractivity contribution < 1.29 is 5.11 Å². The summed E-state index contributed by atoms with van der Waals surface area (Å²) in [6.07, 6.45) is 4.69. The maximum absolute atomic E-state index is 9.12. The zero-order valence-electron chi connectivity index (χ0n) is 13.2. The van der Waals surface area contributed by atoms with E-state index in [1.807, 2.05) is 0 Å². The molecule has 0 radical (unpaired) electrons. The first kappa shape index (κ1) is 20.0. The lowest BCUT2D eigenvalue weighted by Crippen LogP contribution is -2.38. The number of rotatable bonds is 9. The van der Waals surface area contributed by atoms with Crippen LogP contribution in [0.3, 0.4) is 0 Å². The van der Waals surface area contributed by atoms with Crippen LogP contribution >= 0.6 is 24.0 Å². The van der Waals surface area contributed by atoms with Gasteiger partial charge in [-0.1, -0.05) is 13.8 Å². The van der Waals surface area contributed by atoms with Crippen LogP contribution in [0.4, 0.5) is 0 Å². The third kappa shape index (κ3) is 9.80. The monoisotopic (exact) mass is 397 g/mol. The zero-order chi connectivity index (χ0) is 14.1. The van der Waals surface area contributed by atoms with Gasteiger partial charge in [0.05, 0.1) is 0 Å². The second-order valence-electron chi connectivity index (χ2n) is 6.05. The van der Waals surface area contributed by atoms with E-state index in [2.05, 4.69) is 36.4 Å². The van der Waals surface area contributed by atoms with E-state index >= 15 is 0 Å². The van der Waals surface area contributed by atoms with E-state index in [9.17, 15) is 0 Å². The summed E-state index contributed by atoms with van der Waals surface area (Å²) in [7, 11) is 0. The first-order valence-electron chi connectivity index (χ1n) is 7.78. The fourth-order valence-electron chi connectivity index (χ4n) is 2.26. The molecule has 0 aliphatic heterocycles. The fourth-order valence-corrected chi connectivity index (χ4v) is 2.26. The second-order valence-corrected chi connectivity index (χ2v) is 6.05. The minimum Gasteiger partial charge on any atom is -0.396 e. The van der Waals surface area contributed by atoms with E-state index in [0.29, 0.717) is 11.8 Å². The Morgan fingerprint density at radius 3 is 2.50 bits per heavy atom. The van der Waals surface area contributed by atoms with Gasteiger partial charge < -0.3 is 15.7 Å². The number of hydrogen-bond acceptors (Lipinski definition) is 2. The van der Waals surface area contributed by atoms with Gasteiger partial charge in [-0.2, -0.15) is 0 Å². The van der Waals surface area contributed by atoms with Crippen LogP contribution in [-0.2, 0) is 0 Å². The highest BCUT2D eigenvalue weighted by Crippen LogP contribution is 2.27. The van der Waals surface area contributed by atoms with Crippen molar-refractivity contribution in [1.29, 1.82) is 0 Å². The van der Waals surface area contributed by atoms with Gasteiger partial charge in [-0.25, -0.2) is 0 Å². The second kappa shape index (κ2) is 11.6. The first-order chi connectivity index (χ1) is 9.15. The molecule has 0 amide bonds. The molecule has 120 valence electrons. The summed E-state index contributed by atoms with van der Waals surface area (Å²) in [5, 5.41) is 15.8. The predicted octanol–water partition coefficient (Wildman–Crippen LogP) is 2.61. The lowest BCUT2D eigenvalue weighted by atomic mass is 9.94. The van der Waals surface area contributed by atoms with Crippen LogP contribution in [0.15, 0.2) is 4.99 Å². The average Bonchev–Trinajstić information content (AvgIpc) is 3.16. The quantitative estimate of drug-likeness (QED) is 0.319. The Bertz CT molecular complexity index is 268. The molecule has 1 aliphatic carbocycles. The van der Waals surface area contributed by atoms with Crippen molar-refractivity contribution in [1.82, 2.24) is 10.6 Å². The zero-order valence-corrected chi connectivity index (χ0v) is 15.5. The maximum atomic E-state index is 9.12. The minimum atomic E-state index is 0. The van der Waals surface area contributed by atoms with E-state index in [0.717, 1.165) is 44.4 Å². The van der Waals surface area contributed by atoms with E-state index < -0.39 is 0 Å². The van der Waals surface area contributed by atoms with Gasteiger partial charge in [-0.3, -0.25) is 4.99 Å². The number of hydrogen-bond donors (Lipinski definition) is 3. The number of guanidine groups is 1. The lowest BCUT2D eigenvalue weighted by molar-refractivity contribution is 0.245. The summed E-state index contributed by atoms with van der Waals surface area (Å²) in [6.45, 7) is 9.55. The fraction of sp³-hybridized carbons (Fsp3) is 0.933. The number of aliphatic hydroxyl groups is 1. The van der Waals surface area contributed by atoms with Crippen LogP contribution in [0, 0.1) is 17.8 Å². The van der Waals surface area contributed by atoms with Gasteiger partial charge in [0, 0.05) is 26.2 Å². The van der Waals surface area contributed by atoms with Crippen molar-refractivity contribution in [2.45, 2.75) is 46.5 Å². The molecule has 0 aromatic rings. The van der Waals surface area contributed by atoms with Crippen molar-refractivity contribution in [2.75, 3.05) is 26.2 Å². The highest BCUT2D eigenvalue weighted by Gasteiger charge is 2.21. The highest BCUT2D eigenvalue weighted by atomic mass is 127. The highest BCUT2D eigenvalue weighted by molar-refractivity contribution is 14.0. The number of nitrogens with one attached hydrogen (secondary N) is 2. The van der Waals surface area contributed by atoms with Crippen LogP contribution in [0.5, 0.6) is 0 Å². The van der Waals surface area contributed by atoms with Crippen LogP contribution in [0.1, 0.15) is 46.5 Å². The predicted molar refractivity (Wildman–Crippen MR) is 96.8 cm³/mol. The molecular formula is C15H32IN3O. The lowest BCUT2D eigenvalue weighted by Gasteiger charge is -2.17. The summed E-state index contributed by atoms with van der Waals surface area (Å²) in [4.78, 5) is 4.67. The van der Waals surface area contributed by atoms with Crippen molar-refractivity contribution in [2.24, 2.45) is 22.7 Å². The summed E-state index contributed by atoms with van der Waals surface area (Å²) < 4.78 is 0. The van der Waals surface area contributed by atoms with Crippen molar-refractivity contribution in [3.63, 3.8) is 0 Å². The van der Waals surface area contributed by atoms with Gasteiger partial charge in [0.15, 0.2) is 5.96 Å². The topological polar surface area (TPSA) is 56.7 Å². The van der Waals surface area contributed by atoms with Crippen LogP contribution in [0.25, 0.3) is 0 Å². The van der Waals surface area contributed by atoms with Crippen molar-refractivity contribution >= 4 is 29.9 Å². The molecule has 1 aliphatic rings. The minimum absolute atomic E-state index is 0. The Hall–Kier alpha value is -0.0400. The number of halogens is 1. The molecule has 1 atom stereocenters. The first-order valence-corrected chi connectivity index (χ1v) is 7.78. The summed E-state index contributed by atoms with van der Waals surface area (Å²) >= 11 is 0. The molecular weight excluding hydrogens is 365 g/mol. The number of aliphatic imine (C=N–C) groups is 1. The van der Waals surface area contributed by atoms with E-state index in [1.165, 1.54) is 12.8 Å². The molecule has 3 N–H and O–H groups in total. The Balaban J connectivity index is 0.00000361. The van der Waals surface area contributed by atoms with Crippen LogP contribution in [0.2, 0.25) is 0 Å². The molecule has 1 unspecified atom stereocenters. The summed E-state index contributed by atoms with van der Waals surface area (Å²) in [5.74, 6) is 2.93. The third-order valence-electron chi connectivity index (χ3n) is 3.45. The SMILES string of the molecule is CCNC(=NCC(CCO)CC(C)C)NCC1CC1.I. The molecule has 20 heavy (non-hydrogen) atoms. The van der Waals surface area contributed by atoms with Gasteiger partial charge >= 0.3 is 0 Å². The molecule has 0 bridgehead atoms. The van der Waals surface area contributed by atoms with Gasteiger partial charge in [0.25, 0.3) is 0 Å². The Labute approximate surface area is 141 Å². The Morgan fingerprint density at radius 1 is 1.30 bits per heavy atom. The molecule has 0 spiro atoms. The van der Waals surface area contributed by atoms with Crippen molar-refractivity contribution in [3.8, 4) is 0 Å². The van der Waals surface area contributed by atoms with Gasteiger partial charge in [0.2, 0.25) is 0 Å². The van der Waals surface area contributed by atoms with Crippen LogP contribution in [-0.4, -0.2) is 37.3 Å². The molecule has 0 saturated heterocycles. The normalized spacial score (nSPS) is 16.8. The number of nitrogens with zero attached hydrogens (tertiary/aromatic N) is 1. The van der Waals surface area contributed by atoms with Gasteiger partial charge in [-0.05, 0) is 50.4 Å². The molecule has 4 nitrogen and oxygen atoms in total.